The molecule has 0 saturated carbocycles. The van der Waals surface area contributed by atoms with Crippen LogP contribution in [0.2, 0.25) is 5.02 Å². The lowest BCUT2D eigenvalue weighted by Gasteiger charge is -2.18. The van der Waals surface area contributed by atoms with Crippen LogP contribution < -0.4 is 9.64 Å². The van der Waals surface area contributed by atoms with E-state index in [1.165, 1.54) is 30.8 Å². The Hall–Kier alpha value is -1.26. The summed E-state index contributed by atoms with van der Waals surface area (Å²) >= 11 is 5.77. The fraction of sp³-hybridized carbons (Fsp3) is 0.533. The van der Waals surface area contributed by atoms with Gasteiger partial charge in [0, 0.05) is 17.9 Å². The zero-order valence-electron chi connectivity index (χ0n) is 11.7. The molecule has 1 heterocycles. The van der Waals surface area contributed by atoms with Crippen LogP contribution >= 0.6 is 11.6 Å². The summed E-state index contributed by atoms with van der Waals surface area (Å²) < 4.78 is 10.7. The Morgan fingerprint density at radius 1 is 1.30 bits per heavy atom. The number of hydrogen-bond donors (Lipinski definition) is 1. The second-order valence-corrected chi connectivity index (χ2v) is 5.64. The van der Waals surface area contributed by atoms with Crippen LogP contribution in [0.5, 0.6) is 5.75 Å². The molecular weight excluding hydrogens is 278 g/mol. The molecule has 4 nitrogen and oxygen atoms in total. The number of hydrogen-bond acceptors (Lipinski definition) is 3. The van der Waals surface area contributed by atoms with Crippen LogP contribution in [0.25, 0.3) is 0 Å². The third kappa shape index (κ3) is 5.02. The zero-order chi connectivity index (χ0) is 14.4. The number of halogens is 1. The van der Waals surface area contributed by atoms with Gasteiger partial charge in [0.05, 0.1) is 13.1 Å². The molecule has 0 aliphatic carbocycles. The second kappa shape index (κ2) is 7.50. The largest absolute Gasteiger partial charge is 0.482 e. The smallest absolute Gasteiger partial charge is 0.344 e. The number of benzene rings is 1. The molecule has 0 spiro atoms. The minimum Gasteiger partial charge on any atom is -0.482 e. The molecule has 0 bridgehead atoms. The van der Waals surface area contributed by atoms with E-state index in [0.29, 0.717) is 10.8 Å². The number of ether oxygens (including phenoxy) is 2. The molecule has 110 valence electrons. The molecule has 0 amide bonds. The van der Waals surface area contributed by atoms with Crippen molar-refractivity contribution in [3.8, 4) is 5.75 Å². The molecule has 0 aromatic heterocycles. The van der Waals surface area contributed by atoms with Crippen LogP contribution in [0, 0.1) is 0 Å². The maximum absolute atomic E-state index is 11.7. The molecule has 1 N–H and O–H groups in total. The highest BCUT2D eigenvalue weighted by Gasteiger charge is 2.20. The Balaban J connectivity index is 1.67. The van der Waals surface area contributed by atoms with Crippen molar-refractivity contribution in [2.24, 2.45) is 0 Å². The summed E-state index contributed by atoms with van der Waals surface area (Å²) in [5, 5.41) is 0.641. The van der Waals surface area contributed by atoms with E-state index in [9.17, 15) is 4.79 Å². The van der Waals surface area contributed by atoms with Gasteiger partial charge in [-0.1, -0.05) is 11.6 Å². The van der Waals surface area contributed by atoms with Crippen LogP contribution in [-0.2, 0) is 9.53 Å². The molecule has 20 heavy (non-hydrogen) atoms. The average molecular weight is 299 g/mol. The van der Waals surface area contributed by atoms with Crippen molar-refractivity contribution in [1.29, 1.82) is 0 Å². The Kier molecular flexibility index (Phi) is 5.68. The number of esters is 1. The topological polar surface area (TPSA) is 40.0 Å². The lowest BCUT2D eigenvalue weighted by atomic mass is 10.3. The lowest BCUT2D eigenvalue weighted by molar-refractivity contribution is -0.890. The van der Waals surface area contributed by atoms with Gasteiger partial charge in [-0.25, -0.2) is 4.79 Å². The first-order chi connectivity index (χ1) is 9.63. The first-order valence-electron chi connectivity index (χ1n) is 7.05. The van der Waals surface area contributed by atoms with Crippen molar-refractivity contribution in [1.82, 2.24) is 0 Å². The van der Waals surface area contributed by atoms with Crippen LogP contribution in [0.3, 0.4) is 0 Å². The maximum atomic E-state index is 11.7. The van der Waals surface area contributed by atoms with Crippen LogP contribution in [-0.4, -0.2) is 38.3 Å². The molecule has 1 fully saturated rings. The molecule has 1 saturated heterocycles. The fourth-order valence-electron chi connectivity index (χ4n) is 2.46. The summed E-state index contributed by atoms with van der Waals surface area (Å²) in [5.41, 5.74) is 0. The Bertz CT molecular complexity index is 429. The molecule has 5 heteroatoms. The van der Waals surface area contributed by atoms with Crippen molar-refractivity contribution in [2.45, 2.75) is 25.9 Å². The molecule has 2 rings (SSSR count). The SMILES string of the molecule is C[C@H](C[NH+]1CCCC1)OC(=O)COc1ccc(Cl)cc1. The summed E-state index contributed by atoms with van der Waals surface area (Å²) in [5.74, 6) is 0.287. The Labute approximate surface area is 124 Å². The first-order valence-corrected chi connectivity index (χ1v) is 7.42. The Morgan fingerprint density at radius 3 is 2.60 bits per heavy atom. The summed E-state index contributed by atoms with van der Waals surface area (Å²) in [7, 11) is 0. The van der Waals surface area contributed by atoms with Gasteiger partial charge in [0.25, 0.3) is 0 Å². The number of carbonyl (C=O) groups is 1. The van der Waals surface area contributed by atoms with Crippen LogP contribution in [0.1, 0.15) is 19.8 Å². The predicted molar refractivity (Wildman–Crippen MR) is 77.3 cm³/mol. The number of carbonyl (C=O) groups excluding carboxylic acids is 1. The van der Waals surface area contributed by atoms with E-state index in [1.54, 1.807) is 24.3 Å². The Morgan fingerprint density at radius 2 is 1.95 bits per heavy atom. The van der Waals surface area contributed by atoms with E-state index >= 15 is 0 Å². The summed E-state index contributed by atoms with van der Waals surface area (Å²) in [6.07, 6.45) is 2.48. The molecule has 1 aromatic carbocycles. The first kappa shape index (κ1) is 15.1. The van der Waals surface area contributed by atoms with Gasteiger partial charge in [-0.2, -0.15) is 0 Å². The third-order valence-corrected chi connectivity index (χ3v) is 3.64. The molecule has 1 aliphatic heterocycles. The number of nitrogens with one attached hydrogen (secondary N) is 1. The summed E-state index contributed by atoms with van der Waals surface area (Å²) in [6, 6.07) is 6.91. The van der Waals surface area contributed by atoms with E-state index in [4.69, 9.17) is 21.1 Å². The standard InChI is InChI=1S/C15H20ClNO3/c1-12(10-17-8-2-3-9-17)20-15(18)11-19-14-6-4-13(16)5-7-14/h4-7,12H,2-3,8-11H2,1H3/p+1/t12-/m1/s1. The highest BCUT2D eigenvalue weighted by molar-refractivity contribution is 6.30. The highest BCUT2D eigenvalue weighted by atomic mass is 35.5. The van der Waals surface area contributed by atoms with Crippen molar-refractivity contribution < 1.29 is 19.2 Å². The van der Waals surface area contributed by atoms with Gasteiger partial charge in [-0.05, 0) is 31.2 Å². The van der Waals surface area contributed by atoms with Crippen molar-refractivity contribution in [3.05, 3.63) is 29.3 Å². The van der Waals surface area contributed by atoms with E-state index < -0.39 is 0 Å². The van der Waals surface area contributed by atoms with Gasteiger partial charge in [-0.15, -0.1) is 0 Å². The van der Waals surface area contributed by atoms with Gasteiger partial charge < -0.3 is 14.4 Å². The summed E-state index contributed by atoms with van der Waals surface area (Å²) in [4.78, 5) is 13.2. The predicted octanol–water partition coefficient (Wildman–Crippen LogP) is 1.33. The molecule has 0 radical (unpaired) electrons. The normalized spacial score (nSPS) is 16.9. The summed E-state index contributed by atoms with van der Waals surface area (Å²) in [6.45, 7) is 5.12. The average Bonchev–Trinajstić information content (AvgIpc) is 2.90. The van der Waals surface area contributed by atoms with Crippen LogP contribution in [0.15, 0.2) is 24.3 Å². The molecule has 1 aliphatic rings. The van der Waals surface area contributed by atoms with Gasteiger partial charge >= 0.3 is 5.97 Å². The maximum Gasteiger partial charge on any atom is 0.344 e. The fourth-order valence-corrected chi connectivity index (χ4v) is 2.58. The molecular formula is C15H21ClNO3+. The quantitative estimate of drug-likeness (QED) is 0.806. The van der Waals surface area contributed by atoms with Crippen molar-refractivity contribution in [2.75, 3.05) is 26.2 Å². The molecule has 1 atom stereocenters. The zero-order valence-corrected chi connectivity index (χ0v) is 12.5. The van der Waals surface area contributed by atoms with E-state index in [1.807, 2.05) is 6.92 Å². The number of rotatable bonds is 6. The van der Waals surface area contributed by atoms with Crippen molar-refractivity contribution in [3.63, 3.8) is 0 Å². The third-order valence-electron chi connectivity index (χ3n) is 3.39. The lowest BCUT2D eigenvalue weighted by Crippen LogP contribution is -3.11. The van der Waals surface area contributed by atoms with Gasteiger partial charge in [0.15, 0.2) is 6.61 Å². The van der Waals surface area contributed by atoms with Gasteiger partial charge in [0.1, 0.15) is 18.4 Å². The minimum atomic E-state index is -0.328. The number of likely N-dealkylation sites (tertiary alicyclic amines) is 1. The second-order valence-electron chi connectivity index (χ2n) is 5.20. The molecule has 0 unspecified atom stereocenters. The monoisotopic (exact) mass is 298 g/mol. The van der Waals surface area contributed by atoms with E-state index in [0.717, 1.165) is 6.54 Å². The van der Waals surface area contributed by atoms with Crippen LogP contribution in [0.4, 0.5) is 0 Å². The van der Waals surface area contributed by atoms with Gasteiger partial charge in [0.2, 0.25) is 0 Å². The minimum absolute atomic E-state index is 0.0654. The van der Waals surface area contributed by atoms with E-state index in [2.05, 4.69) is 0 Å². The van der Waals surface area contributed by atoms with Crippen molar-refractivity contribution >= 4 is 17.6 Å². The molecule has 1 aromatic rings. The van der Waals surface area contributed by atoms with Gasteiger partial charge in [-0.3, -0.25) is 0 Å². The van der Waals surface area contributed by atoms with E-state index in [-0.39, 0.29) is 18.7 Å². The number of quaternary nitrogens is 1. The highest BCUT2D eigenvalue weighted by Crippen LogP contribution is 2.15.